The van der Waals surface area contributed by atoms with E-state index in [-0.39, 0.29) is 6.61 Å². The molecule has 4 rings (SSSR count). The smallest absolute Gasteiger partial charge is 0.122 e. The Morgan fingerprint density at radius 2 is 1.31 bits per heavy atom. The molecule has 0 amide bonds. The normalized spacial score (nSPS) is 11.6. The zero-order chi connectivity index (χ0) is 22.5. The van der Waals surface area contributed by atoms with Crippen LogP contribution in [0.25, 0.3) is 10.8 Å². The van der Waals surface area contributed by atoms with Gasteiger partial charge in [0, 0.05) is 23.2 Å². The number of ether oxygens (including phenoxy) is 1. The van der Waals surface area contributed by atoms with Gasteiger partial charge in [-0.2, -0.15) is 0 Å². The number of aliphatic hydroxyl groups is 1. The van der Waals surface area contributed by atoms with Crippen molar-refractivity contribution in [3.05, 3.63) is 101 Å². The Hall–Kier alpha value is -3.76. The number of benzene rings is 4. The Bertz CT molecular complexity index is 1220. The molecule has 4 aromatic carbocycles. The summed E-state index contributed by atoms with van der Waals surface area (Å²) in [5.41, 5.74) is 6.79. The molecule has 0 aliphatic rings. The molecule has 0 radical (unpaired) electrons. The van der Waals surface area contributed by atoms with E-state index in [0.717, 1.165) is 55.7 Å². The SMILES string of the molecule is COc1cc(C=Nc2cccc3c(N=Cc4ccc(C)c(CO)c4)cccc23)ccc1C. The summed E-state index contributed by atoms with van der Waals surface area (Å²) in [7, 11) is 1.68. The second kappa shape index (κ2) is 9.58. The van der Waals surface area contributed by atoms with Crippen LogP contribution in [-0.4, -0.2) is 24.6 Å². The molecule has 0 aromatic heterocycles. The van der Waals surface area contributed by atoms with Crippen LogP contribution in [0.4, 0.5) is 11.4 Å². The van der Waals surface area contributed by atoms with Gasteiger partial charge in [0.05, 0.1) is 25.1 Å². The number of rotatable bonds is 6. The highest BCUT2D eigenvalue weighted by Gasteiger charge is 2.04. The van der Waals surface area contributed by atoms with Crippen LogP contribution in [0.15, 0.2) is 82.8 Å². The molecule has 0 atom stereocenters. The van der Waals surface area contributed by atoms with Crippen molar-refractivity contribution in [1.29, 1.82) is 0 Å². The molecular formula is C28H26N2O2. The van der Waals surface area contributed by atoms with Crippen LogP contribution < -0.4 is 4.74 Å². The van der Waals surface area contributed by atoms with Gasteiger partial charge in [0.2, 0.25) is 0 Å². The van der Waals surface area contributed by atoms with Crippen molar-refractivity contribution in [2.75, 3.05) is 7.11 Å². The molecule has 1 N–H and O–H groups in total. The highest BCUT2D eigenvalue weighted by atomic mass is 16.5. The fourth-order valence-electron chi connectivity index (χ4n) is 3.65. The van der Waals surface area contributed by atoms with Crippen LogP contribution in [0.2, 0.25) is 0 Å². The van der Waals surface area contributed by atoms with Gasteiger partial charge in [-0.1, -0.05) is 48.5 Å². The summed E-state index contributed by atoms with van der Waals surface area (Å²) >= 11 is 0. The summed E-state index contributed by atoms with van der Waals surface area (Å²) in [5.74, 6) is 0.851. The number of hydrogen-bond donors (Lipinski definition) is 1. The van der Waals surface area contributed by atoms with Crippen LogP contribution in [-0.2, 0) is 6.61 Å². The van der Waals surface area contributed by atoms with E-state index in [1.807, 2.05) is 86.9 Å². The number of fused-ring (bicyclic) bond motifs is 1. The summed E-state index contributed by atoms with van der Waals surface area (Å²) in [4.78, 5) is 9.47. The van der Waals surface area contributed by atoms with Crippen molar-refractivity contribution in [1.82, 2.24) is 0 Å². The zero-order valence-corrected chi connectivity index (χ0v) is 18.5. The molecule has 4 heteroatoms. The third kappa shape index (κ3) is 4.61. The number of aliphatic imine (C=N–C) groups is 2. The van der Waals surface area contributed by atoms with Crippen molar-refractivity contribution in [3.8, 4) is 5.75 Å². The van der Waals surface area contributed by atoms with E-state index in [4.69, 9.17) is 14.7 Å². The highest BCUT2D eigenvalue weighted by molar-refractivity contribution is 6.02. The van der Waals surface area contributed by atoms with Gasteiger partial charge >= 0.3 is 0 Å². The minimum Gasteiger partial charge on any atom is -0.496 e. The fourth-order valence-corrected chi connectivity index (χ4v) is 3.65. The van der Waals surface area contributed by atoms with Crippen LogP contribution >= 0.6 is 0 Å². The van der Waals surface area contributed by atoms with Crippen molar-refractivity contribution in [2.24, 2.45) is 9.98 Å². The zero-order valence-electron chi connectivity index (χ0n) is 18.5. The summed E-state index contributed by atoms with van der Waals surface area (Å²) in [6.45, 7) is 4.04. The molecule has 0 heterocycles. The van der Waals surface area contributed by atoms with Crippen LogP contribution in [0.5, 0.6) is 5.75 Å². The minimum atomic E-state index is 0.0238. The number of hydrogen-bond acceptors (Lipinski definition) is 4. The first-order valence-corrected chi connectivity index (χ1v) is 10.5. The molecule has 160 valence electrons. The Morgan fingerprint density at radius 1 is 0.750 bits per heavy atom. The molecule has 0 saturated heterocycles. The van der Waals surface area contributed by atoms with E-state index < -0.39 is 0 Å². The van der Waals surface area contributed by atoms with Gasteiger partial charge in [0.1, 0.15) is 5.75 Å². The van der Waals surface area contributed by atoms with E-state index >= 15 is 0 Å². The maximum Gasteiger partial charge on any atom is 0.122 e. The van der Waals surface area contributed by atoms with Crippen molar-refractivity contribution >= 4 is 34.6 Å². The van der Waals surface area contributed by atoms with Crippen molar-refractivity contribution < 1.29 is 9.84 Å². The second-order valence-electron chi connectivity index (χ2n) is 7.74. The molecule has 0 saturated carbocycles. The van der Waals surface area contributed by atoms with E-state index in [1.54, 1.807) is 7.11 Å². The van der Waals surface area contributed by atoms with Crippen LogP contribution in [0.1, 0.15) is 27.8 Å². The van der Waals surface area contributed by atoms with Gasteiger partial charge in [0.15, 0.2) is 0 Å². The molecule has 32 heavy (non-hydrogen) atoms. The Balaban J connectivity index is 1.67. The largest absolute Gasteiger partial charge is 0.496 e. The standard InChI is InChI=1S/C28H26N2O2/c1-19-10-12-21(14-23(19)18-31)16-29-26-8-4-7-25-24(26)6-5-9-27(25)30-17-22-13-11-20(2)28(15-22)32-3/h4-17,31H,18H2,1-3H3. The molecule has 4 nitrogen and oxygen atoms in total. The average Bonchev–Trinajstić information content (AvgIpc) is 2.83. The summed E-state index contributed by atoms with van der Waals surface area (Å²) in [5, 5.41) is 11.6. The molecule has 0 aliphatic heterocycles. The number of aryl methyl sites for hydroxylation is 2. The van der Waals surface area contributed by atoms with E-state index in [0.29, 0.717) is 0 Å². The number of nitrogens with zero attached hydrogens (tertiary/aromatic N) is 2. The first-order valence-electron chi connectivity index (χ1n) is 10.5. The van der Waals surface area contributed by atoms with Gasteiger partial charge in [-0.15, -0.1) is 0 Å². The molecule has 0 bridgehead atoms. The van der Waals surface area contributed by atoms with Gasteiger partial charge < -0.3 is 9.84 Å². The summed E-state index contributed by atoms with van der Waals surface area (Å²) in [6.07, 6.45) is 3.69. The molecule has 0 spiro atoms. The Labute approximate surface area is 188 Å². The van der Waals surface area contributed by atoms with Gasteiger partial charge in [0.25, 0.3) is 0 Å². The third-order valence-electron chi connectivity index (χ3n) is 5.56. The predicted molar refractivity (Wildman–Crippen MR) is 133 cm³/mol. The maximum atomic E-state index is 9.51. The highest BCUT2D eigenvalue weighted by Crippen LogP contribution is 2.32. The van der Waals surface area contributed by atoms with Crippen LogP contribution in [0.3, 0.4) is 0 Å². The predicted octanol–water partition coefficient (Wildman–Crippen LogP) is 6.46. The first-order chi connectivity index (χ1) is 15.6. The lowest BCUT2D eigenvalue weighted by Crippen LogP contribution is -1.91. The summed E-state index contributed by atoms with van der Waals surface area (Å²) in [6, 6.07) is 24.2. The van der Waals surface area contributed by atoms with Crippen LogP contribution in [0, 0.1) is 13.8 Å². The van der Waals surface area contributed by atoms with Crippen molar-refractivity contribution in [2.45, 2.75) is 20.5 Å². The minimum absolute atomic E-state index is 0.0238. The molecule has 0 aliphatic carbocycles. The third-order valence-corrected chi connectivity index (χ3v) is 5.56. The Kier molecular flexibility index (Phi) is 6.43. The van der Waals surface area contributed by atoms with E-state index in [1.165, 1.54) is 0 Å². The lowest BCUT2D eigenvalue weighted by atomic mass is 10.1. The quantitative estimate of drug-likeness (QED) is 0.363. The maximum absolute atomic E-state index is 9.51. The second-order valence-corrected chi connectivity index (χ2v) is 7.74. The molecule has 4 aromatic rings. The van der Waals surface area contributed by atoms with E-state index in [9.17, 15) is 5.11 Å². The summed E-state index contributed by atoms with van der Waals surface area (Å²) < 4.78 is 5.42. The average molecular weight is 423 g/mol. The fraction of sp³-hybridized carbons (Fsp3) is 0.143. The van der Waals surface area contributed by atoms with Gasteiger partial charge in [-0.05, 0) is 65.9 Å². The van der Waals surface area contributed by atoms with Gasteiger partial charge in [-0.25, -0.2) is 0 Å². The van der Waals surface area contributed by atoms with E-state index in [2.05, 4.69) is 12.1 Å². The molecule has 0 unspecified atom stereocenters. The van der Waals surface area contributed by atoms with Crippen molar-refractivity contribution in [3.63, 3.8) is 0 Å². The van der Waals surface area contributed by atoms with Gasteiger partial charge in [-0.3, -0.25) is 9.98 Å². The first kappa shape index (κ1) is 21.5. The number of aliphatic hydroxyl groups excluding tert-OH is 1. The number of methoxy groups -OCH3 is 1. The monoisotopic (exact) mass is 422 g/mol. The molecule has 0 fully saturated rings. The topological polar surface area (TPSA) is 54.2 Å². The molecular weight excluding hydrogens is 396 g/mol. The lowest BCUT2D eigenvalue weighted by molar-refractivity contribution is 0.281. The Morgan fingerprint density at radius 3 is 1.88 bits per heavy atom. The lowest BCUT2D eigenvalue weighted by Gasteiger charge is -2.07.